The third-order valence-corrected chi connectivity index (χ3v) is 11.2. The summed E-state index contributed by atoms with van der Waals surface area (Å²) in [4.78, 5) is 24.7. The Morgan fingerprint density at radius 2 is 0.618 bits per heavy atom. The molecular weight excluding hydrogens is 1180 g/mol. The minimum absolute atomic E-state index is 0.0502. The first-order chi connectivity index (χ1) is 33.9. The highest BCUT2D eigenvalue weighted by Gasteiger charge is 2.95. The molecule has 0 radical (unpaired) electrons. The monoisotopic (exact) mass is 1210 g/mol. The molecule has 0 atom stereocenters. The van der Waals surface area contributed by atoms with Crippen molar-refractivity contribution in [3.63, 3.8) is 0 Å². The molecule has 2 rings (SSSR count). The SMILES string of the molecule is O=C(OCCC(F)(F)C(F)(F)C(F)(F)C(F)(F)C(F)(F)C(F)(F)C(F)(F)C(F)(F)Cl)c1ccc(OC(=O)c2ccc(OCCCCCCCCCCCC(F)(F)C(F)(F)C(F)(F)C(F)(F)C(F)(F)C(F)(F)Cl)cc2)cc1. The van der Waals surface area contributed by atoms with Gasteiger partial charge in [0, 0.05) is 6.42 Å². The first kappa shape index (κ1) is 67.9. The van der Waals surface area contributed by atoms with E-state index in [0.29, 0.717) is 44.2 Å². The summed E-state index contributed by atoms with van der Waals surface area (Å²) in [6.45, 7) is -2.03. The minimum atomic E-state index is -8.66. The van der Waals surface area contributed by atoms with Crippen LogP contribution in [0, 0.1) is 0 Å². The van der Waals surface area contributed by atoms with Crippen LogP contribution in [0.1, 0.15) is 91.3 Å². The van der Waals surface area contributed by atoms with Gasteiger partial charge in [-0.15, -0.1) is 0 Å². The van der Waals surface area contributed by atoms with Crippen molar-refractivity contribution >= 4 is 35.1 Å². The molecule has 438 valence electrons. The molecule has 0 aromatic heterocycles. The van der Waals surface area contributed by atoms with E-state index in [1.54, 1.807) is 0 Å². The average molecular weight is 1210 g/mol. The smallest absolute Gasteiger partial charge is 0.393 e. The lowest BCUT2D eigenvalue weighted by atomic mass is 9.88. The number of esters is 2. The Morgan fingerprint density at radius 3 is 0.987 bits per heavy atom. The molecule has 0 N–H and O–H groups in total. The third-order valence-electron chi connectivity index (χ3n) is 10.7. The fourth-order valence-corrected chi connectivity index (χ4v) is 6.29. The van der Waals surface area contributed by atoms with Crippen LogP contribution in [0.25, 0.3) is 0 Å². The Bertz CT molecular complexity index is 2230. The van der Waals surface area contributed by atoms with Crippen molar-refractivity contribution in [1.29, 1.82) is 0 Å². The molecule has 0 unspecified atom stereocenters. The van der Waals surface area contributed by atoms with Crippen molar-refractivity contribution in [3.05, 3.63) is 59.7 Å². The fourth-order valence-electron chi connectivity index (χ4n) is 6.06. The molecule has 76 heavy (non-hydrogen) atoms. The van der Waals surface area contributed by atoms with Crippen LogP contribution in [0.3, 0.4) is 0 Å². The van der Waals surface area contributed by atoms with Crippen molar-refractivity contribution in [2.24, 2.45) is 0 Å². The van der Waals surface area contributed by atoms with Crippen molar-refractivity contribution in [1.82, 2.24) is 0 Å². The second-order valence-electron chi connectivity index (χ2n) is 16.3. The number of halogens is 30. The first-order valence-corrected chi connectivity index (χ1v) is 21.6. The van der Waals surface area contributed by atoms with Gasteiger partial charge in [-0.05, 0) is 84.6 Å². The molecule has 2 aromatic carbocycles. The average Bonchev–Trinajstić information content (AvgIpc) is 3.28. The number of carbonyl (C=O) groups excluding carboxylic acids is 2. The highest BCUT2D eigenvalue weighted by Crippen LogP contribution is 2.65. The number of carbonyl (C=O) groups is 2. The van der Waals surface area contributed by atoms with Crippen molar-refractivity contribution in [3.8, 4) is 11.5 Å². The first-order valence-electron chi connectivity index (χ1n) is 20.8. The molecule has 0 aliphatic heterocycles. The zero-order valence-electron chi connectivity index (χ0n) is 37.2. The van der Waals surface area contributed by atoms with E-state index in [9.17, 15) is 133 Å². The normalized spacial score (nSPS) is 14.7. The Labute approximate surface area is 418 Å². The maximum absolute atomic E-state index is 14.2. The summed E-state index contributed by atoms with van der Waals surface area (Å²) in [5.74, 6) is -95.7. The van der Waals surface area contributed by atoms with Gasteiger partial charge < -0.3 is 14.2 Å². The van der Waals surface area contributed by atoms with Crippen molar-refractivity contribution in [2.75, 3.05) is 13.2 Å². The van der Waals surface area contributed by atoms with Crippen LogP contribution in [-0.4, -0.2) is 107 Å². The van der Waals surface area contributed by atoms with Crippen molar-refractivity contribution < 1.29 is 147 Å². The number of rotatable bonds is 31. The Balaban J connectivity index is 1.80. The summed E-state index contributed by atoms with van der Waals surface area (Å²) in [6.07, 6.45) is -3.60. The van der Waals surface area contributed by atoms with E-state index in [0.717, 1.165) is 12.1 Å². The lowest BCUT2D eigenvalue weighted by Gasteiger charge is -2.43. The van der Waals surface area contributed by atoms with E-state index in [1.807, 2.05) is 0 Å². The number of unbranched alkanes of at least 4 members (excludes halogenated alkanes) is 8. The summed E-state index contributed by atoms with van der Waals surface area (Å²) >= 11 is 7.13. The largest absolute Gasteiger partial charge is 0.494 e. The van der Waals surface area contributed by atoms with E-state index in [-0.39, 0.29) is 42.9 Å². The van der Waals surface area contributed by atoms with E-state index in [1.165, 1.54) is 24.3 Å². The van der Waals surface area contributed by atoms with Gasteiger partial charge in [-0.2, -0.15) is 123 Å². The molecule has 2 aromatic rings. The fraction of sp³-hybridized carbons (Fsp3) is 0.659. The molecule has 0 saturated heterocycles. The molecule has 0 amide bonds. The minimum Gasteiger partial charge on any atom is -0.494 e. The van der Waals surface area contributed by atoms with Gasteiger partial charge in [0.1, 0.15) is 11.5 Å². The highest BCUT2D eigenvalue weighted by atomic mass is 35.5. The molecule has 5 nitrogen and oxygen atoms in total. The van der Waals surface area contributed by atoms with Crippen LogP contribution in [-0.2, 0) is 4.74 Å². The standard InChI is InChI=1S/C41H34Cl2F28O5/c42-40(68,69)38(64,65)36(60,61)33(54,55)30(48,49)28(44,45)18-8-6-4-2-1-3-5-7-9-20-74-24-14-10-23(11-15-24)27(73)76-25-16-12-22(13-17-25)26(72)75-21-19-29(46,47)31(50,51)32(52,53)34(56,57)35(58,59)37(62,63)39(66,67)41(43,70)71/h10-17H,1-9,18-21H2. The van der Waals surface area contributed by atoms with Gasteiger partial charge in [-0.1, -0.05) is 44.9 Å². The Hall–Kier alpha value is -4.20. The molecule has 0 aliphatic carbocycles. The molecule has 0 fully saturated rings. The van der Waals surface area contributed by atoms with Gasteiger partial charge in [-0.25, -0.2) is 9.59 Å². The molecule has 0 spiro atoms. The van der Waals surface area contributed by atoms with E-state index in [4.69, 9.17) is 9.47 Å². The third kappa shape index (κ3) is 13.1. The van der Waals surface area contributed by atoms with E-state index >= 15 is 0 Å². The van der Waals surface area contributed by atoms with Crippen LogP contribution in [0.4, 0.5) is 123 Å². The van der Waals surface area contributed by atoms with Gasteiger partial charge in [0.2, 0.25) is 0 Å². The van der Waals surface area contributed by atoms with Crippen LogP contribution in [0.5, 0.6) is 11.5 Å². The maximum atomic E-state index is 14.2. The Kier molecular flexibility index (Phi) is 20.8. The second-order valence-corrected chi connectivity index (χ2v) is 17.2. The van der Waals surface area contributed by atoms with Gasteiger partial charge >= 0.3 is 93.8 Å². The number of hydrogen-bond acceptors (Lipinski definition) is 5. The van der Waals surface area contributed by atoms with Crippen LogP contribution in [0.15, 0.2) is 48.5 Å². The zero-order chi connectivity index (χ0) is 59.4. The lowest BCUT2D eigenvalue weighted by Crippen LogP contribution is -2.74. The maximum Gasteiger partial charge on any atom is 0.393 e. The zero-order valence-corrected chi connectivity index (χ0v) is 38.7. The molecule has 0 saturated carbocycles. The number of benzene rings is 2. The topological polar surface area (TPSA) is 61.8 Å². The van der Waals surface area contributed by atoms with Crippen molar-refractivity contribution in [2.45, 2.75) is 152 Å². The summed E-state index contributed by atoms with van der Waals surface area (Å²) in [6, 6.07) is 8.11. The number of alkyl halides is 30. The van der Waals surface area contributed by atoms with E-state index in [2.05, 4.69) is 27.9 Å². The summed E-state index contributed by atoms with van der Waals surface area (Å²) < 4.78 is 395. The summed E-state index contributed by atoms with van der Waals surface area (Å²) in [5.41, 5.74) is -0.833. The summed E-state index contributed by atoms with van der Waals surface area (Å²) in [7, 11) is 0. The van der Waals surface area contributed by atoms with E-state index < -0.39 is 125 Å². The number of ether oxygens (including phenoxy) is 3. The summed E-state index contributed by atoms with van der Waals surface area (Å²) in [5, 5.41) is -13.5. The van der Waals surface area contributed by atoms with Gasteiger partial charge in [0.15, 0.2) is 0 Å². The lowest BCUT2D eigenvalue weighted by molar-refractivity contribution is -0.449. The molecule has 0 aliphatic rings. The van der Waals surface area contributed by atoms with Crippen LogP contribution >= 0.6 is 23.2 Å². The number of hydrogen-bond donors (Lipinski definition) is 0. The van der Waals surface area contributed by atoms with Crippen LogP contribution in [0.2, 0.25) is 0 Å². The molecule has 0 bridgehead atoms. The molecule has 0 heterocycles. The molecule has 35 heteroatoms. The van der Waals surface area contributed by atoms with Gasteiger partial charge in [-0.3, -0.25) is 0 Å². The Morgan fingerprint density at radius 1 is 0.329 bits per heavy atom. The quantitative estimate of drug-likeness (QED) is 0.0247. The van der Waals surface area contributed by atoms with Crippen LogP contribution < -0.4 is 9.47 Å². The van der Waals surface area contributed by atoms with Gasteiger partial charge in [0.25, 0.3) is 0 Å². The second kappa shape index (κ2) is 23.3. The molecular formula is C41H34Cl2F28O5. The predicted molar refractivity (Wildman–Crippen MR) is 205 cm³/mol. The highest BCUT2D eigenvalue weighted by molar-refractivity contribution is 6.22. The van der Waals surface area contributed by atoms with Gasteiger partial charge in [0.05, 0.1) is 30.8 Å². The predicted octanol–water partition coefficient (Wildman–Crippen LogP) is 17.0.